The molecule has 1 saturated heterocycles. The molecule has 1 aromatic heterocycles. The minimum atomic E-state index is -0.623. The van der Waals surface area contributed by atoms with Crippen molar-refractivity contribution in [3.63, 3.8) is 0 Å². The average molecular weight is 641 g/mol. The predicted molar refractivity (Wildman–Crippen MR) is 193 cm³/mol. The number of rotatable bonds is 8. The molecule has 3 unspecified atom stereocenters. The fourth-order valence-corrected chi connectivity index (χ4v) is 7.78. The number of hydrogen-bond acceptors (Lipinski definition) is 4. The van der Waals surface area contributed by atoms with Crippen molar-refractivity contribution in [3.05, 3.63) is 119 Å². The van der Waals surface area contributed by atoms with Gasteiger partial charge < -0.3 is 24.0 Å². The van der Waals surface area contributed by atoms with Crippen molar-refractivity contribution in [2.45, 2.75) is 39.3 Å². The van der Waals surface area contributed by atoms with Crippen LogP contribution in [0.3, 0.4) is 0 Å². The summed E-state index contributed by atoms with van der Waals surface area (Å²) in [5, 5.41) is 1.09. The number of carbonyl (C=O) groups is 2. The van der Waals surface area contributed by atoms with E-state index in [9.17, 15) is 9.59 Å². The summed E-state index contributed by atoms with van der Waals surface area (Å²) in [6.45, 7) is 8.86. The van der Waals surface area contributed by atoms with E-state index in [4.69, 9.17) is 4.74 Å². The number of amides is 2. The van der Waals surface area contributed by atoms with Gasteiger partial charge in [-0.15, -0.1) is 0 Å². The van der Waals surface area contributed by atoms with Crippen LogP contribution >= 0.6 is 0 Å². The van der Waals surface area contributed by atoms with Crippen LogP contribution in [0.4, 0.5) is 5.69 Å². The Hall–Kier alpha value is -5.04. The number of aromatic nitrogens is 1. The lowest BCUT2D eigenvalue weighted by Gasteiger charge is -2.42. The van der Waals surface area contributed by atoms with Crippen LogP contribution in [0.2, 0.25) is 0 Å². The van der Waals surface area contributed by atoms with Gasteiger partial charge in [-0.2, -0.15) is 0 Å². The second kappa shape index (κ2) is 12.9. The van der Waals surface area contributed by atoms with E-state index in [1.807, 2.05) is 46.2 Å². The molecule has 1 fully saturated rings. The zero-order chi connectivity index (χ0) is 33.5. The molecule has 0 radical (unpaired) electrons. The highest BCUT2D eigenvalue weighted by molar-refractivity contribution is 6.04. The summed E-state index contributed by atoms with van der Waals surface area (Å²) in [6.07, 6.45) is 0.769. The van der Waals surface area contributed by atoms with Crippen molar-refractivity contribution >= 4 is 28.4 Å². The third-order valence-electron chi connectivity index (χ3n) is 10.5. The SMILES string of the molecule is CCC(C)C(C(=O)N1CCN(c2ccccc2OC)CC1)N1C(=O)c2ccccc2C1c1c(-c2ccc(C)cc2)n(C)c2ccccc12. The number of fused-ring (bicyclic) bond motifs is 2. The Morgan fingerprint density at radius 3 is 2.27 bits per heavy atom. The summed E-state index contributed by atoms with van der Waals surface area (Å²) in [5.74, 6) is 0.720. The third kappa shape index (κ3) is 5.22. The van der Waals surface area contributed by atoms with E-state index in [0.717, 1.165) is 51.1 Å². The molecule has 0 saturated carbocycles. The number of aryl methyl sites for hydroxylation is 2. The quantitative estimate of drug-likeness (QED) is 0.177. The molecular formula is C41H44N4O3. The Morgan fingerprint density at radius 1 is 0.875 bits per heavy atom. The van der Waals surface area contributed by atoms with Crippen LogP contribution in [-0.2, 0) is 11.8 Å². The summed E-state index contributed by atoms with van der Waals surface area (Å²) in [5.41, 5.74) is 8.17. The molecule has 2 aliphatic heterocycles. The number of methoxy groups -OCH3 is 1. The molecule has 246 valence electrons. The highest BCUT2D eigenvalue weighted by Gasteiger charge is 2.48. The minimum Gasteiger partial charge on any atom is -0.495 e. The molecule has 7 heteroatoms. The van der Waals surface area contributed by atoms with E-state index >= 15 is 0 Å². The monoisotopic (exact) mass is 640 g/mol. The van der Waals surface area contributed by atoms with Gasteiger partial charge in [0.15, 0.2) is 0 Å². The standard InChI is InChI=1S/C41H44N4O3/c1-6-28(3)37(41(47)44-25-23-43(24-26-44)34-17-11-12-18-35(34)48-5)45-39(30-13-7-8-14-31(30)40(45)46)36-32-15-9-10-16-33(32)42(4)38(36)29-21-19-27(2)20-22-29/h7-22,28,37,39H,6,23-26H2,1-5H3. The number of piperazine rings is 1. The van der Waals surface area contributed by atoms with Crippen LogP contribution < -0.4 is 9.64 Å². The van der Waals surface area contributed by atoms with Gasteiger partial charge in [-0.3, -0.25) is 9.59 Å². The van der Waals surface area contributed by atoms with E-state index in [-0.39, 0.29) is 17.7 Å². The Morgan fingerprint density at radius 2 is 1.54 bits per heavy atom. The maximum atomic E-state index is 14.9. The summed E-state index contributed by atoms with van der Waals surface area (Å²) in [4.78, 5) is 35.8. The van der Waals surface area contributed by atoms with Crippen molar-refractivity contribution in [2.75, 3.05) is 38.2 Å². The van der Waals surface area contributed by atoms with Gasteiger partial charge in [0.25, 0.3) is 5.91 Å². The predicted octanol–water partition coefficient (Wildman–Crippen LogP) is 7.47. The molecule has 5 aromatic rings. The second-order valence-electron chi connectivity index (χ2n) is 13.2. The molecule has 3 atom stereocenters. The van der Waals surface area contributed by atoms with Gasteiger partial charge in [-0.05, 0) is 48.2 Å². The van der Waals surface area contributed by atoms with Gasteiger partial charge in [-0.1, -0.05) is 98.6 Å². The van der Waals surface area contributed by atoms with Crippen molar-refractivity contribution in [1.82, 2.24) is 14.4 Å². The topological polar surface area (TPSA) is 58.0 Å². The Labute approximate surface area is 283 Å². The van der Waals surface area contributed by atoms with Crippen LogP contribution in [0.15, 0.2) is 97.1 Å². The van der Waals surface area contributed by atoms with Crippen LogP contribution in [0.5, 0.6) is 5.75 Å². The summed E-state index contributed by atoms with van der Waals surface area (Å²) in [6, 6.07) is 31.9. The fourth-order valence-electron chi connectivity index (χ4n) is 7.78. The first-order valence-electron chi connectivity index (χ1n) is 17.1. The van der Waals surface area contributed by atoms with Crippen molar-refractivity contribution in [2.24, 2.45) is 13.0 Å². The highest BCUT2D eigenvalue weighted by Crippen LogP contribution is 2.48. The maximum absolute atomic E-state index is 14.9. The molecule has 48 heavy (non-hydrogen) atoms. The first-order valence-corrected chi connectivity index (χ1v) is 17.1. The smallest absolute Gasteiger partial charge is 0.255 e. The van der Waals surface area contributed by atoms with E-state index in [1.54, 1.807) is 7.11 Å². The highest BCUT2D eigenvalue weighted by atomic mass is 16.5. The molecule has 2 aliphatic rings. The van der Waals surface area contributed by atoms with Gasteiger partial charge in [0, 0.05) is 55.3 Å². The van der Waals surface area contributed by atoms with Gasteiger partial charge in [0.1, 0.15) is 11.8 Å². The molecule has 2 amide bonds. The van der Waals surface area contributed by atoms with E-state index in [0.29, 0.717) is 31.7 Å². The van der Waals surface area contributed by atoms with Crippen LogP contribution in [0.25, 0.3) is 22.2 Å². The number of carbonyl (C=O) groups excluding carboxylic acids is 2. The second-order valence-corrected chi connectivity index (χ2v) is 13.2. The molecule has 7 rings (SSSR count). The Kier molecular flexibility index (Phi) is 8.46. The van der Waals surface area contributed by atoms with Gasteiger partial charge in [-0.25, -0.2) is 0 Å². The lowest BCUT2D eigenvalue weighted by atomic mass is 9.90. The molecule has 0 aliphatic carbocycles. The number of para-hydroxylation sites is 3. The number of benzene rings is 4. The van der Waals surface area contributed by atoms with E-state index in [1.165, 1.54) is 5.56 Å². The molecule has 3 heterocycles. The third-order valence-corrected chi connectivity index (χ3v) is 10.5. The van der Waals surface area contributed by atoms with Crippen molar-refractivity contribution < 1.29 is 14.3 Å². The van der Waals surface area contributed by atoms with E-state index < -0.39 is 12.1 Å². The number of ether oxygens (including phenoxy) is 1. The summed E-state index contributed by atoms with van der Waals surface area (Å²) < 4.78 is 7.88. The normalized spacial score (nSPS) is 17.5. The zero-order valence-corrected chi connectivity index (χ0v) is 28.5. The number of nitrogens with zero attached hydrogens (tertiary/aromatic N) is 4. The minimum absolute atomic E-state index is 0.0207. The molecule has 7 nitrogen and oxygen atoms in total. The summed E-state index contributed by atoms with van der Waals surface area (Å²) >= 11 is 0. The number of anilines is 1. The lowest BCUT2D eigenvalue weighted by molar-refractivity contribution is -0.138. The molecular weight excluding hydrogens is 596 g/mol. The fraction of sp³-hybridized carbons (Fsp3) is 0.317. The average Bonchev–Trinajstić information content (AvgIpc) is 3.58. The van der Waals surface area contributed by atoms with Gasteiger partial charge in [0.2, 0.25) is 5.91 Å². The molecule has 0 bridgehead atoms. The van der Waals surface area contributed by atoms with Gasteiger partial charge >= 0.3 is 0 Å². The first-order chi connectivity index (χ1) is 23.3. The van der Waals surface area contributed by atoms with Crippen LogP contribution in [0.1, 0.15) is 53.4 Å². The molecule has 0 spiro atoms. The molecule has 4 aromatic carbocycles. The Balaban J connectivity index is 1.33. The molecule has 0 N–H and O–H groups in total. The van der Waals surface area contributed by atoms with Crippen molar-refractivity contribution in [1.29, 1.82) is 0 Å². The lowest BCUT2D eigenvalue weighted by Crippen LogP contribution is -2.57. The largest absolute Gasteiger partial charge is 0.495 e. The summed E-state index contributed by atoms with van der Waals surface area (Å²) in [7, 11) is 3.80. The Bertz CT molecular complexity index is 1970. The van der Waals surface area contributed by atoms with E-state index in [2.05, 4.69) is 97.9 Å². The number of hydrogen-bond donors (Lipinski definition) is 0. The van der Waals surface area contributed by atoms with Crippen molar-refractivity contribution in [3.8, 4) is 17.0 Å². The first kappa shape index (κ1) is 31.6. The van der Waals surface area contributed by atoms with Crippen LogP contribution in [0, 0.1) is 12.8 Å². The van der Waals surface area contributed by atoms with Crippen LogP contribution in [-0.4, -0.2) is 65.5 Å². The van der Waals surface area contributed by atoms with Gasteiger partial charge in [0.05, 0.1) is 24.5 Å². The maximum Gasteiger partial charge on any atom is 0.255 e. The zero-order valence-electron chi connectivity index (χ0n) is 28.5.